The molecule has 160 valence electrons. The predicted molar refractivity (Wildman–Crippen MR) is 116 cm³/mol. The third kappa shape index (κ3) is 5.04. The van der Waals surface area contributed by atoms with Crippen molar-refractivity contribution in [2.75, 3.05) is 36.8 Å². The molecule has 10 heteroatoms. The lowest BCUT2D eigenvalue weighted by Gasteiger charge is -2.39. The van der Waals surface area contributed by atoms with Crippen molar-refractivity contribution in [1.82, 2.24) is 4.31 Å². The number of hydrogen-bond donors (Lipinski definition) is 1. The summed E-state index contributed by atoms with van der Waals surface area (Å²) in [4.78, 5) is 1.94. The second kappa shape index (κ2) is 8.41. The Hall–Kier alpha value is -1.36. The largest absolute Gasteiger partial charge is 0.367 e. The summed E-state index contributed by atoms with van der Waals surface area (Å²) in [5, 5.41) is 0. The number of nitrogens with one attached hydrogen (secondary N) is 1. The van der Waals surface area contributed by atoms with Crippen LogP contribution in [-0.2, 0) is 10.0 Å². The van der Waals surface area contributed by atoms with Crippen LogP contribution in [0.4, 0.5) is 20.2 Å². The minimum atomic E-state index is -3.51. The summed E-state index contributed by atoms with van der Waals surface area (Å²) in [6.07, 6.45) is 1.85. The smallest absolute Gasteiger partial charge is 0.252 e. The Morgan fingerprint density at radius 1 is 1.17 bits per heavy atom. The summed E-state index contributed by atoms with van der Waals surface area (Å²) in [5.41, 5.74) is 0.908. The topological polar surface area (TPSA) is 52.7 Å². The van der Waals surface area contributed by atoms with Gasteiger partial charge in [0, 0.05) is 39.3 Å². The first kappa shape index (κ1) is 22.3. The summed E-state index contributed by atoms with van der Waals surface area (Å²) >= 11 is 2.25. The maximum atomic E-state index is 14.6. The first-order chi connectivity index (χ1) is 13.5. The van der Waals surface area contributed by atoms with Crippen LogP contribution in [0.25, 0.3) is 0 Å². The number of sulfonamides is 1. The number of hydrogen-bond acceptors (Lipinski definition) is 6. The average molecular weight is 462 g/mol. The Morgan fingerprint density at radius 3 is 2.45 bits per heavy atom. The molecule has 2 aromatic rings. The normalized spacial score (nSPS) is 17.0. The second-order valence-corrected chi connectivity index (χ2v) is 12.6. The van der Waals surface area contributed by atoms with E-state index in [0.717, 1.165) is 46.5 Å². The van der Waals surface area contributed by atoms with E-state index in [2.05, 4.69) is 18.6 Å². The van der Waals surface area contributed by atoms with Crippen LogP contribution in [0.15, 0.2) is 32.7 Å². The molecular formula is C19H25F2N3O2S3. The molecule has 1 aromatic carbocycles. The van der Waals surface area contributed by atoms with Gasteiger partial charge in [-0.3, -0.25) is 0 Å². The van der Waals surface area contributed by atoms with Gasteiger partial charge >= 0.3 is 0 Å². The highest BCUT2D eigenvalue weighted by Crippen LogP contribution is 2.39. The summed E-state index contributed by atoms with van der Waals surface area (Å²) in [6.45, 7) is 5.77. The van der Waals surface area contributed by atoms with Crippen LogP contribution in [0.3, 0.4) is 0 Å². The molecule has 0 radical (unpaired) electrons. The molecular weight excluding hydrogens is 436 g/mol. The van der Waals surface area contributed by atoms with Gasteiger partial charge in [0.1, 0.15) is 10.0 Å². The quantitative estimate of drug-likeness (QED) is 0.612. The highest BCUT2D eigenvalue weighted by atomic mass is 32.3. The molecule has 0 atom stereocenters. The number of halogens is 2. The molecule has 1 aromatic heterocycles. The number of thiophene rings is 1. The zero-order valence-corrected chi connectivity index (χ0v) is 19.3. The molecule has 1 aliphatic heterocycles. The summed E-state index contributed by atoms with van der Waals surface area (Å²) in [7, 11) is -0.558. The van der Waals surface area contributed by atoms with Crippen molar-refractivity contribution in [3.05, 3.63) is 35.9 Å². The lowest BCUT2D eigenvalue weighted by molar-refractivity contribution is 0.279. The van der Waals surface area contributed by atoms with Crippen molar-refractivity contribution >= 4 is 44.7 Å². The van der Waals surface area contributed by atoms with Crippen LogP contribution >= 0.6 is 23.3 Å². The van der Waals surface area contributed by atoms with Crippen molar-refractivity contribution in [1.29, 1.82) is 0 Å². The minimum absolute atomic E-state index is 0.209. The van der Waals surface area contributed by atoms with Gasteiger partial charge in [0.2, 0.25) is 0 Å². The SMILES string of the molecule is CN(C)S(=O)(=O)c1ccc(SNc2cc(F)cc(F)c2N2CCC(C)(C)CC2)s1. The maximum absolute atomic E-state index is 14.6. The van der Waals surface area contributed by atoms with Gasteiger partial charge in [-0.2, -0.15) is 0 Å². The number of piperidine rings is 1. The zero-order valence-electron chi connectivity index (χ0n) is 16.8. The van der Waals surface area contributed by atoms with Crippen LogP contribution in [0.2, 0.25) is 0 Å². The van der Waals surface area contributed by atoms with Crippen molar-refractivity contribution in [2.45, 2.75) is 35.1 Å². The van der Waals surface area contributed by atoms with E-state index in [0.29, 0.717) is 28.7 Å². The third-order valence-corrected chi connectivity index (χ3v) is 9.34. The summed E-state index contributed by atoms with van der Waals surface area (Å²) in [6, 6.07) is 5.38. The van der Waals surface area contributed by atoms with Gasteiger partial charge in [0.15, 0.2) is 5.82 Å². The van der Waals surface area contributed by atoms with Crippen LogP contribution in [0.1, 0.15) is 26.7 Å². The average Bonchev–Trinajstić information content (AvgIpc) is 3.10. The number of anilines is 2. The van der Waals surface area contributed by atoms with E-state index in [-0.39, 0.29) is 9.62 Å². The van der Waals surface area contributed by atoms with Gasteiger partial charge in [-0.05, 0) is 42.3 Å². The Labute approximate surface area is 179 Å². The van der Waals surface area contributed by atoms with Gasteiger partial charge in [0.05, 0.1) is 15.6 Å². The van der Waals surface area contributed by atoms with Gasteiger partial charge in [0.25, 0.3) is 10.0 Å². The molecule has 0 unspecified atom stereocenters. The minimum Gasteiger partial charge on any atom is -0.367 e. The molecule has 3 rings (SSSR count). The fourth-order valence-corrected chi connectivity index (χ4v) is 6.51. The molecule has 1 fully saturated rings. The molecule has 1 N–H and O–H groups in total. The molecule has 2 heterocycles. The lowest BCUT2D eigenvalue weighted by Crippen LogP contribution is -2.38. The zero-order chi connectivity index (χ0) is 21.4. The molecule has 0 aliphatic carbocycles. The molecule has 0 saturated carbocycles. The highest BCUT2D eigenvalue weighted by molar-refractivity contribution is 8.02. The van der Waals surface area contributed by atoms with Crippen LogP contribution in [-0.4, -0.2) is 39.9 Å². The van der Waals surface area contributed by atoms with E-state index >= 15 is 0 Å². The van der Waals surface area contributed by atoms with E-state index < -0.39 is 21.7 Å². The van der Waals surface area contributed by atoms with E-state index in [9.17, 15) is 17.2 Å². The molecule has 1 saturated heterocycles. The first-order valence-electron chi connectivity index (χ1n) is 9.19. The predicted octanol–water partition coefficient (Wildman–Crippen LogP) is 5.02. The number of rotatable bonds is 6. The fourth-order valence-electron chi connectivity index (χ4n) is 3.08. The first-order valence-corrected chi connectivity index (χ1v) is 12.3. The third-order valence-electron chi connectivity index (χ3n) is 5.01. The van der Waals surface area contributed by atoms with Crippen LogP contribution in [0, 0.1) is 17.0 Å². The van der Waals surface area contributed by atoms with Crippen LogP contribution in [0.5, 0.6) is 0 Å². The summed E-state index contributed by atoms with van der Waals surface area (Å²) < 4.78 is 58.1. The van der Waals surface area contributed by atoms with Gasteiger partial charge in [-0.1, -0.05) is 13.8 Å². The number of benzene rings is 1. The van der Waals surface area contributed by atoms with Gasteiger partial charge in [-0.15, -0.1) is 11.3 Å². The molecule has 29 heavy (non-hydrogen) atoms. The van der Waals surface area contributed by atoms with Crippen LogP contribution < -0.4 is 9.62 Å². The Morgan fingerprint density at radius 2 is 1.83 bits per heavy atom. The van der Waals surface area contributed by atoms with Crippen molar-refractivity contribution < 1.29 is 17.2 Å². The Bertz CT molecular complexity index is 981. The van der Waals surface area contributed by atoms with Crippen molar-refractivity contribution in [3.8, 4) is 0 Å². The van der Waals surface area contributed by atoms with Gasteiger partial charge < -0.3 is 9.62 Å². The Balaban J connectivity index is 1.80. The van der Waals surface area contributed by atoms with Crippen molar-refractivity contribution in [2.24, 2.45) is 5.41 Å². The van der Waals surface area contributed by atoms with E-state index in [4.69, 9.17) is 0 Å². The van der Waals surface area contributed by atoms with Crippen molar-refractivity contribution in [3.63, 3.8) is 0 Å². The molecule has 5 nitrogen and oxygen atoms in total. The Kier molecular flexibility index (Phi) is 6.47. The van der Waals surface area contributed by atoms with Gasteiger partial charge in [-0.25, -0.2) is 21.5 Å². The monoisotopic (exact) mass is 461 g/mol. The highest BCUT2D eigenvalue weighted by Gasteiger charge is 2.28. The number of nitrogens with zero attached hydrogens (tertiary/aromatic N) is 2. The molecule has 0 amide bonds. The second-order valence-electron chi connectivity index (χ2n) is 8.00. The standard InChI is InChI=1S/C19H25F2N3O2S3/c1-19(2)7-9-24(10-8-19)18-14(21)11-13(20)12-15(18)22-28-16-5-6-17(27-16)29(25,26)23(3)4/h5-6,11-12,22H,7-10H2,1-4H3. The lowest BCUT2D eigenvalue weighted by atomic mass is 9.82. The maximum Gasteiger partial charge on any atom is 0.252 e. The summed E-state index contributed by atoms with van der Waals surface area (Å²) in [5.74, 6) is -1.26. The molecule has 0 spiro atoms. The van der Waals surface area contributed by atoms with E-state index in [1.165, 1.54) is 26.2 Å². The van der Waals surface area contributed by atoms with E-state index in [1.54, 1.807) is 6.07 Å². The molecule has 0 bridgehead atoms. The molecule has 1 aliphatic rings. The fraction of sp³-hybridized carbons (Fsp3) is 0.474. The van der Waals surface area contributed by atoms with E-state index in [1.807, 2.05) is 4.90 Å².